The highest BCUT2D eigenvalue weighted by atomic mass is 32.2. The third kappa shape index (κ3) is 3.63. The lowest BCUT2D eigenvalue weighted by Gasteiger charge is -2.08. The van der Waals surface area contributed by atoms with E-state index in [1.54, 1.807) is 26.2 Å². The molecule has 2 aromatic rings. The standard InChI is InChI=1S/C16H20FN3O3S2/c1-5-11(17)8-13(6-2)25(22,23)14-15-18-10(3)7-12(9-21)20(15)19-16(14)24-4/h5,7-8,21H,6,9H2,1-4H3. The van der Waals surface area contributed by atoms with Gasteiger partial charge in [-0.15, -0.1) is 11.8 Å². The van der Waals surface area contributed by atoms with E-state index in [4.69, 9.17) is 0 Å². The van der Waals surface area contributed by atoms with Crippen molar-refractivity contribution in [2.45, 2.75) is 43.7 Å². The van der Waals surface area contributed by atoms with Crippen LogP contribution in [0.15, 0.2) is 38.9 Å². The number of thioether (sulfide) groups is 1. The van der Waals surface area contributed by atoms with Crippen LogP contribution < -0.4 is 0 Å². The molecule has 0 aliphatic heterocycles. The Kier molecular flexibility index (Phi) is 6.02. The highest BCUT2D eigenvalue weighted by Gasteiger charge is 2.30. The van der Waals surface area contributed by atoms with Gasteiger partial charge in [-0.1, -0.05) is 13.0 Å². The van der Waals surface area contributed by atoms with Crippen LogP contribution in [0.2, 0.25) is 0 Å². The molecular formula is C16H20FN3O3S2. The van der Waals surface area contributed by atoms with Crippen molar-refractivity contribution < 1.29 is 17.9 Å². The van der Waals surface area contributed by atoms with Crippen LogP contribution in [0.3, 0.4) is 0 Å². The highest BCUT2D eigenvalue weighted by molar-refractivity contribution is 8.00. The van der Waals surface area contributed by atoms with Crippen LogP contribution in [-0.2, 0) is 16.4 Å². The number of nitrogens with zero attached hydrogens (tertiary/aromatic N) is 3. The fourth-order valence-corrected chi connectivity index (χ4v) is 4.97. The van der Waals surface area contributed by atoms with E-state index in [0.717, 1.165) is 17.8 Å². The van der Waals surface area contributed by atoms with Gasteiger partial charge >= 0.3 is 0 Å². The Morgan fingerprint density at radius 2 is 2.16 bits per heavy atom. The van der Waals surface area contributed by atoms with E-state index < -0.39 is 15.7 Å². The summed E-state index contributed by atoms with van der Waals surface area (Å²) in [6.45, 7) is 4.54. The number of aromatic nitrogens is 3. The fourth-order valence-electron chi connectivity index (χ4n) is 2.39. The summed E-state index contributed by atoms with van der Waals surface area (Å²) in [5, 5.41) is 14.1. The Morgan fingerprint density at radius 3 is 2.68 bits per heavy atom. The third-order valence-corrected chi connectivity index (χ3v) is 6.42. The number of aliphatic hydroxyl groups is 1. The molecule has 2 aromatic heterocycles. The van der Waals surface area contributed by atoms with Crippen molar-refractivity contribution in [3.8, 4) is 0 Å². The first-order valence-electron chi connectivity index (χ1n) is 7.61. The van der Waals surface area contributed by atoms with Crippen molar-refractivity contribution in [1.29, 1.82) is 0 Å². The monoisotopic (exact) mass is 385 g/mol. The first-order chi connectivity index (χ1) is 11.8. The number of allylic oxidation sites excluding steroid dienone is 4. The van der Waals surface area contributed by atoms with Crippen molar-refractivity contribution in [3.05, 3.63) is 40.3 Å². The van der Waals surface area contributed by atoms with Crippen molar-refractivity contribution in [3.63, 3.8) is 0 Å². The molecule has 0 aliphatic carbocycles. The molecule has 136 valence electrons. The molecule has 0 saturated carbocycles. The van der Waals surface area contributed by atoms with Crippen LogP contribution in [0.25, 0.3) is 5.65 Å². The van der Waals surface area contributed by atoms with Gasteiger partial charge in [0.15, 0.2) is 5.65 Å². The number of halogens is 1. The first-order valence-corrected chi connectivity index (χ1v) is 10.3. The minimum absolute atomic E-state index is 0.0536. The lowest BCUT2D eigenvalue weighted by atomic mass is 10.3. The van der Waals surface area contributed by atoms with Gasteiger partial charge in [0.2, 0.25) is 9.84 Å². The largest absolute Gasteiger partial charge is 0.390 e. The number of hydrogen-bond acceptors (Lipinski definition) is 6. The van der Waals surface area contributed by atoms with E-state index in [9.17, 15) is 17.9 Å². The van der Waals surface area contributed by atoms with Gasteiger partial charge in [0.1, 0.15) is 15.7 Å². The SMILES string of the molecule is CC=C(F)C=C(CC)S(=O)(=O)c1c(SC)nn2c(CO)cc(C)nc12. The summed E-state index contributed by atoms with van der Waals surface area (Å²) in [5.74, 6) is -0.622. The number of fused-ring (bicyclic) bond motifs is 1. The third-order valence-electron chi connectivity index (χ3n) is 3.61. The van der Waals surface area contributed by atoms with Gasteiger partial charge in [-0.05, 0) is 38.7 Å². The second-order valence-electron chi connectivity index (χ2n) is 5.26. The van der Waals surface area contributed by atoms with Crippen LogP contribution in [0.5, 0.6) is 0 Å². The van der Waals surface area contributed by atoms with E-state index in [-0.39, 0.29) is 33.5 Å². The van der Waals surface area contributed by atoms with E-state index >= 15 is 0 Å². The molecule has 2 heterocycles. The molecule has 25 heavy (non-hydrogen) atoms. The summed E-state index contributed by atoms with van der Waals surface area (Å²) in [5.41, 5.74) is 1.12. The minimum atomic E-state index is -3.99. The number of rotatable bonds is 6. The predicted molar refractivity (Wildman–Crippen MR) is 95.9 cm³/mol. The highest BCUT2D eigenvalue weighted by Crippen LogP contribution is 2.33. The first kappa shape index (κ1) is 19.6. The summed E-state index contributed by atoms with van der Waals surface area (Å²) in [6, 6.07) is 1.64. The van der Waals surface area contributed by atoms with Crippen molar-refractivity contribution >= 4 is 27.2 Å². The maximum absolute atomic E-state index is 13.7. The molecule has 0 spiro atoms. The summed E-state index contributed by atoms with van der Waals surface area (Å²) in [4.78, 5) is 4.18. The van der Waals surface area contributed by atoms with Gasteiger partial charge in [0.25, 0.3) is 0 Å². The second kappa shape index (κ2) is 7.67. The van der Waals surface area contributed by atoms with Crippen LogP contribution in [0, 0.1) is 6.92 Å². The molecule has 0 bridgehead atoms. The molecule has 6 nitrogen and oxygen atoms in total. The van der Waals surface area contributed by atoms with Gasteiger partial charge in [-0.3, -0.25) is 0 Å². The predicted octanol–water partition coefficient (Wildman–Crippen LogP) is 3.19. The van der Waals surface area contributed by atoms with Gasteiger partial charge in [0.05, 0.1) is 17.2 Å². The molecule has 2 rings (SSSR count). The van der Waals surface area contributed by atoms with Crippen LogP contribution in [0.4, 0.5) is 4.39 Å². The van der Waals surface area contributed by atoms with Crippen LogP contribution in [0.1, 0.15) is 31.7 Å². The van der Waals surface area contributed by atoms with Crippen LogP contribution in [-0.4, -0.2) is 34.4 Å². The van der Waals surface area contributed by atoms with Crippen molar-refractivity contribution in [1.82, 2.24) is 14.6 Å². The molecule has 0 aliphatic rings. The van der Waals surface area contributed by atoms with E-state index in [0.29, 0.717) is 11.4 Å². The zero-order valence-electron chi connectivity index (χ0n) is 14.4. The molecule has 0 radical (unpaired) electrons. The average Bonchev–Trinajstić information content (AvgIpc) is 2.97. The Labute approximate surface area is 150 Å². The van der Waals surface area contributed by atoms with Gasteiger partial charge in [-0.25, -0.2) is 22.3 Å². The topological polar surface area (TPSA) is 84.6 Å². The summed E-state index contributed by atoms with van der Waals surface area (Å²) in [6.07, 6.45) is 4.05. The van der Waals surface area contributed by atoms with Gasteiger partial charge in [-0.2, -0.15) is 5.10 Å². The smallest absolute Gasteiger partial charge is 0.209 e. The lowest BCUT2D eigenvalue weighted by Crippen LogP contribution is -2.07. The molecule has 0 fully saturated rings. The molecule has 9 heteroatoms. The summed E-state index contributed by atoms with van der Waals surface area (Å²) < 4.78 is 41.3. The maximum atomic E-state index is 13.7. The van der Waals surface area contributed by atoms with E-state index in [2.05, 4.69) is 10.1 Å². The maximum Gasteiger partial charge on any atom is 0.209 e. The number of hydrogen-bond donors (Lipinski definition) is 1. The molecule has 0 saturated heterocycles. The number of aliphatic hydroxyl groups excluding tert-OH is 1. The minimum Gasteiger partial charge on any atom is -0.390 e. The van der Waals surface area contributed by atoms with E-state index in [1.165, 1.54) is 17.5 Å². The summed E-state index contributed by atoms with van der Waals surface area (Å²) >= 11 is 1.16. The Morgan fingerprint density at radius 1 is 1.48 bits per heavy atom. The second-order valence-corrected chi connectivity index (χ2v) is 8.00. The summed E-state index contributed by atoms with van der Waals surface area (Å²) in [7, 11) is -3.99. The Balaban J connectivity index is 2.87. The molecule has 0 atom stereocenters. The molecule has 0 aromatic carbocycles. The molecule has 0 amide bonds. The zero-order valence-corrected chi connectivity index (χ0v) is 16.1. The normalized spacial score (nSPS) is 13.7. The fraction of sp³-hybridized carbons (Fsp3) is 0.375. The molecular weight excluding hydrogens is 365 g/mol. The van der Waals surface area contributed by atoms with Crippen LogP contribution >= 0.6 is 11.8 Å². The zero-order chi connectivity index (χ0) is 18.8. The molecule has 0 unspecified atom stereocenters. The van der Waals surface area contributed by atoms with Gasteiger partial charge < -0.3 is 5.11 Å². The van der Waals surface area contributed by atoms with Gasteiger partial charge in [0, 0.05) is 5.69 Å². The number of aryl methyl sites for hydroxylation is 1. The Bertz CT molecular complexity index is 963. The van der Waals surface area contributed by atoms with Crippen molar-refractivity contribution in [2.24, 2.45) is 0 Å². The quantitative estimate of drug-likeness (QED) is 0.607. The van der Waals surface area contributed by atoms with E-state index in [1.807, 2.05) is 0 Å². The average molecular weight is 385 g/mol. The lowest BCUT2D eigenvalue weighted by molar-refractivity contribution is 0.273. The Hall–Kier alpha value is -1.71. The molecule has 1 N–H and O–H groups in total. The number of sulfone groups is 1. The van der Waals surface area contributed by atoms with Crippen molar-refractivity contribution in [2.75, 3.05) is 6.26 Å².